The largest absolute Gasteiger partial charge is 0.480 e. The predicted octanol–water partition coefficient (Wildman–Crippen LogP) is 3.74. The lowest BCUT2D eigenvalue weighted by molar-refractivity contribution is -0.145. The molecule has 3 rings (SSSR count). The number of piperidine rings is 1. The van der Waals surface area contributed by atoms with Gasteiger partial charge in [0.05, 0.1) is 11.7 Å². The molecule has 0 bridgehead atoms. The van der Waals surface area contributed by atoms with Crippen molar-refractivity contribution < 1.29 is 9.90 Å². The van der Waals surface area contributed by atoms with Crippen LogP contribution in [0.4, 0.5) is 5.69 Å². The van der Waals surface area contributed by atoms with E-state index in [4.69, 9.17) is 4.98 Å². The Morgan fingerprint density at radius 1 is 1.22 bits per heavy atom. The van der Waals surface area contributed by atoms with Gasteiger partial charge in [-0.3, -0.25) is 14.7 Å². The van der Waals surface area contributed by atoms with Gasteiger partial charge in [0, 0.05) is 26.0 Å². The van der Waals surface area contributed by atoms with Crippen LogP contribution in [0.5, 0.6) is 0 Å². The summed E-state index contributed by atoms with van der Waals surface area (Å²) in [5, 5.41) is 9.78. The standard InChI is InChI=1S/C22H29N3O2/c1-4-16-8-13-19(23-15-16)21(17-9-11-18(12-10-17)24(2)3)25-14-6-5-7-20(25)22(26)27/h8-13,15,20-21H,4-7,14H2,1-3H3,(H,26,27). The van der Waals surface area contributed by atoms with Crippen molar-refractivity contribution in [1.82, 2.24) is 9.88 Å². The number of aryl methyl sites for hydroxylation is 1. The van der Waals surface area contributed by atoms with E-state index in [0.717, 1.165) is 42.8 Å². The maximum absolute atomic E-state index is 11.9. The average molecular weight is 367 g/mol. The lowest BCUT2D eigenvalue weighted by atomic mass is 9.93. The molecule has 1 aliphatic rings. The minimum Gasteiger partial charge on any atom is -0.480 e. The lowest BCUT2D eigenvalue weighted by Crippen LogP contribution is -2.47. The monoisotopic (exact) mass is 367 g/mol. The van der Waals surface area contributed by atoms with Gasteiger partial charge < -0.3 is 10.0 Å². The molecule has 2 unspecified atom stereocenters. The second-order valence-corrected chi connectivity index (χ2v) is 7.42. The number of pyridine rings is 1. The SMILES string of the molecule is CCc1ccc(C(c2ccc(N(C)C)cc2)N2CCCCC2C(=O)O)nc1. The summed E-state index contributed by atoms with van der Waals surface area (Å²) < 4.78 is 0. The van der Waals surface area contributed by atoms with E-state index in [-0.39, 0.29) is 6.04 Å². The zero-order valence-corrected chi connectivity index (χ0v) is 16.4. The van der Waals surface area contributed by atoms with E-state index in [1.165, 1.54) is 5.56 Å². The van der Waals surface area contributed by atoms with Gasteiger partial charge in [0.1, 0.15) is 6.04 Å². The fraction of sp³-hybridized carbons (Fsp3) is 0.455. The van der Waals surface area contributed by atoms with Crippen LogP contribution >= 0.6 is 0 Å². The number of anilines is 1. The Hall–Kier alpha value is -2.40. The summed E-state index contributed by atoms with van der Waals surface area (Å²) in [6.07, 6.45) is 5.52. The molecule has 0 saturated carbocycles. The molecular formula is C22H29N3O2. The van der Waals surface area contributed by atoms with E-state index < -0.39 is 12.0 Å². The molecular weight excluding hydrogens is 338 g/mol. The molecule has 0 amide bonds. The van der Waals surface area contributed by atoms with Crippen molar-refractivity contribution in [2.45, 2.75) is 44.7 Å². The fourth-order valence-electron chi connectivity index (χ4n) is 3.82. The predicted molar refractivity (Wildman–Crippen MR) is 108 cm³/mol. The lowest BCUT2D eigenvalue weighted by Gasteiger charge is -2.39. The van der Waals surface area contributed by atoms with Crippen LogP contribution in [0.25, 0.3) is 0 Å². The summed E-state index contributed by atoms with van der Waals surface area (Å²) in [4.78, 5) is 20.8. The first kappa shape index (κ1) is 19.4. The number of carbonyl (C=O) groups is 1. The molecule has 2 atom stereocenters. The number of hydrogen-bond donors (Lipinski definition) is 1. The summed E-state index contributed by atoms with van der Waals surface area (Å²) in [5.41, 5.74) is 4.32. The molecule has 1 aliphatic heterocycles. The number of hydrogen-bond acceptors (Lipinski definition) is 4. The summed E-state index contributed by atoms with van der Waals surface area (Å²) in [7, 11) is 4.03. The molecule has 2 aromatic rings. The van der Waals surface area contributed by atoms with E-state index in [9.17, 15) is 9.90 Å². The van der Waals surface area contributed by atoms with Crippen molar-refractivity contribution in [1.29, 1.82) is 0 Å². The van der Waals surface area contributed by atoms with E-state index in [2.05, 4.69) is 53.1 Å². The Kier molecular flexibility index (Phi) is 6.11. The molecule has 5 nitrogen and oxygen atoms in total. The maximum atomic E-state index is 11.9. The number of aromatic nitrogens is 1. The summed E-state index contributed by atoms with van der Waals surface area (Å²) in [6, 6.07) is 11.9. The van der Waals surface area contributed by atoms with Crippen molar-refractivity contribution in [3.63, 3.8) is 0 Å². The number of likely N-dealkylation sites (tertiary alicyclic amines) is 1. The van der Waals surface area contributed by atoms with Crippen LogP contribution in [-0.2, 0) is 11.2 Å². The summed E-state index contributed by atoms with van der Waals surface area (Å²) in [6.45, 7) is 2.88. The van der Waals surface area contributed by atoms with E-state index >= 15 is 0 Å². The summed E-state index contributed by atoms with van der Waals surface area (Å²) >= 11 is 0. The minimum absolute atomic E-state index is 0.145. The van der Waals surface area contributed by atoms with Crippen LogP contribution in [0, 0.1) is 0 Å². The van der Waals surface area contributed by atoms with Gasteiger partial charge in [-0.05, 0) is 55.1 Å². The van der Waals surface area contributed by atoms with Crippen molar-refractivity contribution in [2.75, 3.05) is 25.5 Å². The quantitative estimate of drug-likeness (QED) is 0.843. The normalized spacial score (nSPS) is 18.9. The van der Waals surface area contributed by atoms with Crippen molar-refractivity contribution in [3.8, 4) is 0 Å². The van der Waals surface area contributed by atoms with Gasteiger partial charge in [-0.25, -0.2) is 0 Å². The number of rotatable bonds is 6. The van der Waals surface area contributed by atoms with Gasteiger partial charge in [-0.15, -0.1) is 0 Å². The van der Waals surface area contributed by atoms with Crippen molar-refractivity contribution >= 4 is 11.7 Å². The van der Waals surface area contributed by atoms with E-state index in [1.807, 2.05) is 20.3 Å². The molecule has 1 N–H and O–H groups in total. The minimum atomic E-state index is -0.741. The number of benzene rings is 1. The smallest absolute Gasteiger partial charge is 0.320 e. The number of aliphatic carboxylic acids is 1. The van der Waals surface area contributed by atoms with Crippen LogP contribution in [0.15, 0.2) is 42.6 Å². The molecule has 0 aliphatic carbocycles. The van der Waals surface area contributed by atoms with Crippen LogP contribution in [0.1, 0.15) is 49.0 Å². The summed E-state index contributed by atoms with van der Waals surface area (Å²) in [5.74, 6) is -0.741. The second kappa shape index (κ2) is 8.53. The third-order valence-corrected chi connectivity index (χ3v) is 5.42. The van der Waals surface area contributed by atoms with Gasteiger partial charge in [0.2, 0.25) is 0 Å². The molecule has 1 saturated heterocycles. The first-order valence-corrected chi connectivity index (χ1v) is 9.72. The van der Waals surface area contributed by atoms with Crippen LogP contribution in [0.3, 0.4) is 0 Å². The molecule has 2 heterocycles. The van der Waals surface area contributed by atoms with Gasteiger partial charge in [-0.1, -0.05) is 31.5 Å². The molecule has 27 heavy (non-hydrogen) atoms. The molecule has 1 aromatic heterocycles. The molecule has 0 radical (unpaired) electrons. The Bertz CT molecular complexity index is 756. The number of carboxylic acid groups (broad SMARTS) is 1. The Labute approximate surface area is 161 Å². The Balaban J connectivity index is 2.03. The average Bonchev–Trinajstić information content (AvgIpc) is 2.69. The molecule has 1 aromatic carbocycles. The van der Waals surface area contributed by atoms with Crippen LogP contribution in [0.2, 0.25) is 0 Å². The topological polar surface area (TPSA) is 56.7 Å². The third-order valence-electron chi connectivity index (χ3n) is 5.42. The molecule has 144 valence electrons. The van der Waals surface area contributed by atoms with E-state index in [0.29, 0.717) is 6.42 Å². The molecule has 1 fully saturated rings. The number of nitrogens with zero attached hydrogens (tertiary/aromatic N) is 3. The first-order valence-electron chi connectivity index (χ1n) is 9.72. The third kappa shape index (κ3) is 4.30. The first-order chi connectivity index (χ1) is 13.0. The van der Waals surface area contributed by atoms with Gasteiger partial charge in [0.25, 0.3) is 0 Å². The van der Waals surface area contributed by atoms with Crippen LogP contribution in [-0.4, -0.2) is 47.6 Å². The zero-order valence-electron chi connectivity index (χ0n) is 16.4. The van der Waals surface area contributed by atoms with Crippen LogP contribution < -0.4 is 4.90 Å². The highest BCUT2D eigenvalue weighted by molar-refractivity contribution is 5.73. The second-order valence-electron chi connectivity index (χ2n) is 7.42. The number of carboxylic acids is 1. The van der Waals surface area contributed by atoms with Crippen molar-refractivity contribution in [2.24, 2.45) is 0 Å². The maximum Gasteiger partial charge on any atom is 0.320 e. The van der Waals surface area contributed by atoms with Gasteiger partial charge in [-0.2, -0.15) is 0 Å². The van der Waals surface area contributed by atoms with E-state index in [1.54, 1.807) is 0 Å². The zero-order chi connectivity index (χ0) is 19.4. The Morgan fingerprint density at radius 2 is 1.96 bits per heavy atom. The molecule has 0 spiro atoms. The highest BCUT2D eigenvalue weighted by Crippen LogP contribution is 2.34. The van der Waals surface area contributed by atoms with Crippen molar-refractivity contribution in [3.05, 3.63) is 59.4 Å². The highest BCUT2D eigenvalue weighted by atomic mass is 16.4. The van der Waals surface area contributed by atoms with Gasteiger partial charge in [0.15, 0.2) is 0 Å². The fourth-order valence-corrected chi connectivity index (χ4v) is 3.82. The molecule has 5 heteroatoms. The highest BCUT2D eigenvalue weighted by Gasteiger charge is 2.35. The Morgan fingerprint density at radius 3 is 2.52 bits per heavy atom. The van der Waals surface area contributed by atoms with Gasteiger partial charge >= 0.3 is 5.97 Å².